The molecule has 3 aromatic carbocycles. The zero-order chi connectivity index (χ0) is 20.8. The van der Waals surface area contributed by atoms with Crippen molar-refractivity contribution in [1.82, 2.24) is 0 Å². The van der Waals surface area contributed by atoms with E-state index >= 15 is 0 Å². The van der Waals surface area contributed by atoms with Crippen LogP contribution in [-0.2, 0) is 14.4 Å². The molecule has 0 unspecified atom stereocenters. The van der Waals surface area contributed by atoms with Crippen LogP contribution in [0.15, 0.2) is 78.9 Å². The number of aromatic hydroxyl groups is 1. The number of rotatable bonds is 3. The first-order valence-electron chi connectivity index (χ1n) is 9.48. The highest BCUT2D eigenvalue weighted by molar-refractivity contribution is 6.31. The highest BCUT2D eigenvalue weighted by atomic mass is 35.5. The lowest BCUT2D eigenvalue weighted by Crippen LogP contribution is -2.37. The van der Waals surface area contributed by atoms with Crippen LogP contribution < -0.4 is 9.96 Å². The second kappa shape index (κ2) is 7.16. The Balaban J connectivity index is 1.58. The first-order chi connectivity index (χ1) is 14.5. The minimum atomic E-state index is -0.938. The van der Waals surface area contributed by atoms with Crippen LogP contribution in [0.2, 0.25) is 5.02 Å². The smallest absolute Gasteiger partial charge is 0.266 e. The topological polar surface area (TPSA) is 70.1 Å². The van der Waals surface area contributed by atoms with E-state index in [0.29, 0.717) is 10.7 Å². The Kier molecular flexibility index (Phi) is 4.46. The van der Waals surface area contributed by atoms with Gasteiger partial charge in [-0.1, -0.05) is 41.9 Å². The number of benzene rings is 3. The number of amides is 2. The summed E-state index contributed by atoms with van der Waals surface area (Å²) in [5, 5.41) is 11.8. The predicted octanol–water partition coefficient (Wildman–Crippen LogP) is 4.10. The van der Waals surface area contributed by atoms with Gasteiger partial charge in [0.25, 0.3) is 5.91 Å². The molecule has 150 valence electrons. The quantitative estimate of drug-likeness (QED) is 0.646. The summed E-state index contributed by atoms with van der Waals surface area (Å²) in [4.78, 5) is 33.8. The molecule has 30 heavy (non-hydrogen) atoms. The molecule has 6 nitrogen and oxygen atoms in total. The monoisotopic (exact) mass is 420 g/mol. The van der Waals surface area contributed by atoms with Crippen LogP contribution >= 0.6 is 11.6 Å². The van der Waals surface area contributed by atoms with Crippen LogP contribution in [0, 0.1) is 5.92 Å². The van der Waals surface area contributed by atoms with Gasteiger partial charge in [-0.25, -0.2) is 9.96 Å². The first kappa shape index (κ1) is 18.7. The molecule has 2 heterocycles. The molecule has 0 aliphatic carbocycles. The lowest BCUT2D eigenvalue weighted by Gasteiger charge is -2.28. The maximum absolute atomic E-state index is 13.4. The number of anilines is 2. The van der Waals surface area contributed by atoms with Gasteiger partial charge in [0.15, 0.2) is 6.10 Å². The van der Waals surface area contributed by atoms with E-state index in [1.165, 1.54) is 4.90 Å². The molecule has 0 spiro atoms. The molecule has 2 aliphatic heterocycles. The van der Waals surface area contributed by atoms with E-state index in [1.807, 2.05) is 30.3 Å². The highest BCUT2D eigenvalue weighted by Gasteiger charge is 2.60. The summed E-state index contributed by atoms with van der Waals surface area (Å²) >= 11 is 5.95. The van der Waals surface area contributed by atoms with Gasteiger partial charge in [0.05, 0.1) is 17.4 Å². The Morgan fingerprint density at radius 2 is 1.47 bits per heavy atom. The zero-order valence-corrected chi connectivity index (χ0v) is 16.4. The second-order valence-electron chi connectivity index (χ2n) is 7.24. The van der Waals surface area contributed by atoms with Gasteiger partial charge < -0.3 is 5.11 Å². The van der Waals surface area contributed by atoms with Crippen LogP contribution in [0.5, 0.6) is 5.75 Å². The SMILES string of the molecule is O=C1[C@@H]2[C@@H](ON(c3ccccc3)[C@H]2c2ccc(O)cc2)C(=O)N1c1ccc(Cl)cc1. The molecular formula is C23H17ClN2O4. The van der Waals surface area contributed by atoms with Gasteiger partial charge >= 0.3 is 0 Å². The number of halogens is 1. The van der Waals surface area contributed by atoms with Crippen LogP contribution in [-0.4, -0.2) is 23.0 Å². The summed E-state index contributed by atoms with van der Waals surface area (Å²) in [5.41, 5.74) is 1.97. The Hall–Kier alpha value is -3.35. The zero-order valence-electron chi connectivity index (χ0n) is 15.7. The number of phenolic OH excluding ortho intramolecular Hbond substituents is 1. The number of phenols is 1. The number of carbonyl (C=O) groups excluding carboxylic acids is 2. The fourth-order valence-electron chi connectivity index (χ4n) is 4.07. The van der Waals surface area contributed by atoms with Crippen LogP contribution in [0.3, 0.4) is 0 Å². The summed E-state index contributed by atoms with van der Waals surface area (Å²) in [7, 11) is 0. The standard InChI is InChI=1S/C23H17ClN2O4/c24-15-8-10-16(11-9-15)25-22(28)19-20(14-6-12-18(27)13-7-14)26(30-21(19)23(25)29)17-4-2-1-3-5-17/h1-13,19-21,27H/t19-,20-,21+/m0/s1. The van der Waals surface area contributed by atoms with Crippen molar-refractivity contribution < 1.29 is 19.5 Å². The molecular weight excluding hydrogens is 404 g/mol. The number of fused-ring (bicyclic) bond motifs is 1. The van der Waals surface area contributed by atoms with E-state index < -0.39 is 24.0 Å². The average Bonchev–Trinajstić information content (AvgIpc) is 3.27. The molecule has 3 atom stereocenters. The van der Waals surface area contributed by atoms with Crippen molar-refractivity contribution in [3.63, 3.8) is 0 Å². The fraction of sp³-hybridized carbons (Fsp3) is 0.130. The van der Waals surface area contributed by atoms with Crippen molar-refractivity contribution in [2.45, 2.75) is 12.1 Å². The van der Waals surface area contributed by atoms with Gasteiger partial charge in [-0.05, 0) is 54.1 Å². The largest absolute Gasteiger partial charge is 0.508 e. The maximum atomic E-state index is 13.4. The first-order valence-corrected chi connectivity index (χ1v) is 9.86. The van der Waals surface area contributed by atoms with Crippen LogP contribution in [0.4, 0.5) is 11.4 Å². The minimum Gasteiger partial charge on any atom is -0.508 e. The van der Waals surface area contributed by atoms with Crippen LogP contribution in [0.1, 0.15) is 11.6 Å². The number of carbonyl (C=O) groups is 2. The molecule has 0 bridgehead atoms. The van der Waals surface area contributed by atoms with E-state index in [-0.39, 0.29) is 11.7 Å². The third kappa shape index (κ3) is 2.93. The van der Waals surface area contributed by atoms with Crippen molar-refractivity contribution in [1.29, 1.82) is 0 Å². The highest BCUT2D eigenvalue weighted by Crippen LogP contribution is 2.47. The van der Waals surface area contributed by atoms with Crippen molar-refractivity contribution in [3.8, 4) is 5.75 Å². The number of imide groups is 1. The summed E-state index contributed by atoms with van der Waals surface area (Å²) in [6.07, 6.45) is -0.938. The second-order valence-corrected chi connectivity index (χ2v) is 7.67. The number of hydroxylamine groups is 1. The van der Waals surface area contributed by atoms with Gasteiger partial charge in [0, 0.05) is 5.02 Å². The lowest BCUT2D eigenvalue weighted by molar-refractivity contribution is -0.126. The Labute approximate surface area is 177 Å². The molecule has 0 saturated carbocycles. The summed E-state index contributed by atoms with van der Waals surface area (Å²) in [6.45, 7) is 0. The Morgan fingerprint density at radius 3 is 2.13 bits per heavy atom. The summed E-state index contributed by atoms with van der Waals surface area (Å²) in [6, 6.07) is 22.0. The maximum Gasteiger partial charge on any atom is 0.266 e. The number of hydrogen-bond acceptors (Lipinski definition) is 5. The van der Waals surface area contributed by atoms with E-state index in [1.54, 1.807) is 53.6 Å². The van der Waals surface area contributed by atoms with E-state index in [9.17, 15) is 14.7 Å². The van der Waals surface area contributed by atoms with Crippen LogP contribution in [0.25, 0.3) is 0 Å². The molecule has 1 N–H and O–H groups in total. The molecule has 7 heteroatoms. The van der Waals surface area contributed by atoms with Gasteiger partial charge in [0.2, 0.25) is 5.91 Å². The molecule has 2 fully saturated rings. The summed E-state index contributed by atoms with van der Waals surface area (Å²) < 4.78 is 0. The molecule has 3 aromatic rings. The average molecular weight is 421 g/mol. The van der Waals surface area contributed by atoms with Crippen molar-refractivity contribution >= 4 is 34.8 Å². The normalized spacial score (nSPS) is 23.2. The molecule has 2 amide bonds. The predicted molar refractivity (Wildman–Crippen MR) is 112 cm³/mol. The van der Waals surface area contributed by atoms with Crippen molar-refractivity contribution in [3.05, 3.63) is 89.4 Å². The third-order valence-corrected chi connectivity index (χ3v) is 5.70. The van der Waals surface area contributed by atoms with Crippen molar-refractivity contribution in [2.24, 2.45) is 5.92 Å². The summed E-state index contributed by atoms with van der Waals surface area (Å²) in [5.74, 6) is -1.34. The Bertz CT molecular complexity index is 1100. The molecule has 2 saturated heterocycles. The van der Waals surface area contributed by atoms with E-state index in [2.05, 4.69) is 0 Å². The molecule has 5 rings (SSSR count). The van der Waals surface area contributed by atoms with Gasteiger partial charge in [-0.2, -0.15) is 0 Å². The van der Waals surface area contributed by atoms with E-state index in [4.69, 9.17) is 16.4 Å². The fourth-order valence-corrected chi connectivity index (χ4v) is 4.19. The molecule has 2 aliphatic rings. The van der Waals surface area contributed by atoms with Gasteiger partial charge in [-0.15, -0.1) is 0 Å². The molecule has 0 aromatic heterocycles. The number of para-hydroxylation sites is 1. The van der Waals surface area contributed by atoms with Crippen molar-refractivity contribution in [2.75, 3.05) is 9.96 Å². The number of hydrogen-bond donors (Lipinski definition) is 1. The lowest BCUT2D eigenvalue weighted by atomic mass is 9.90. The number of nitrogens with zero attached hydrogens (tertiary/aromatic N) is 2. The van der Waals surface area contributed by atoms with Gasteiger partial charge in [-0.3, -0.25) is 14.4 Å². The molecule has 0 radical (unpaired) electrons. The Morgan fingerprint density at radius 1 is 0.800 bits per heavy atom. The van der Waals surface area contributed by atoms with Gasteiger partial charge in [0.1, 0.15) is 11.7 Å². The minimum absolute atomic E-state index is 0.122. The van der Waals surface area contributed by atoms with E-state index in [0.717, 1.165) is 11.3 Å². The third-order valence-electron chi connectivity index (χ3n) is 5.45.